The van der Waals surface area contributed by atoms with Crippen LogP contribution in [0.3, 0.4) is 0 Å². The summed E-state index contributed by atoms with van der Waals surface area (Å²) in [4.78, 5) is 17.4. The summed E-state index contributed by atoms with van der Waals surface area (Å²) in [6.07, 6.45) is 6.71. The second-order valence-electron chi connectivity index (χ2n) is 8.95. The minimum atomic E-state index is 0.223. The molecular weight excluding hydrogens is 362 g/mol. The standard InChI is InChI=1S/C24H33N3O2/c1-18(2)13-16-27(23(28)20-11-12-20)17-21-22(19-9-5-3-6-10-19)25-29-24(21)26-14-7-4-8-15-26/h3,5-6,9-10,18,20H,4,7-8,11-17H2,1-2H3. The predicted octanol–water partition coefficient (Wildman–Crippen LogP) is 5.12. The van der Waals surface area contributed by atoms with Crippen LogP contribution in [0.15, 0.2) is 34.9 Å². The molecule has 0 spiro atoms. The molecule has 5 heteroatoms. The highest BCUT2D eigenvalue weighted by atomic mass is 16.5. The molecule has 1 amide bonds. The largest absolute Gasteiger partial charge is 0.340 e. The molecule has 1 aliphatic heterocycles. The molecule has 2 aromatic rings. The molecule has 1 saturated heterocycles. The second-order valence-corrected chi connectivity index (χ2v) is 8.95. The number of nitrogens with zero attached hydrogens (tertiary/aromatic N) is 3. The van der Waals surface area contributed by atoms with Gasteiger partial charge in [-0.2, -0.15) is 0 Å². The summed E-state index contributed by atoms with van der Waals surface area (Å²) in [6, 6.07) is 10.2. The molecule has 0 radical (unpaired) electrons. The molecule has 2 aliphatic rings. The number of hydrogen-bond acceptors (Lipinski definition) is 4. The van der Waals surface area contributed by atoms with Crippen molar-refractivity contribution in [3.8, 4) is 11.3 Å². The van der Waals surface area contributed by atoms with E-state index in [1.807, 2.05) is 18.2 Å². The van der Waals surface area contributed by atoms with Crippen molar-refractivity contribution < 1.29 is 9.32 Å². The van der Waals surface area contributed by atoms with Gasteiger partial charge in [0, 0.05) is 31.1 Å². The lowest BCUT2D eigenvalue weighted by Crippen LogP contribution is -2.35. The summed E-state index contributed by atoms with van der Waals surface area (Å²) < 4.78 is 5.91. The van der Waals surface area contributed by atoms with Crippen LogP contribution in [0.2, 0.25) is 0 Å². The quantitative estimate of drug-likeness (QED) is 0.623. The maximum absolute atomic E-state index is 13.0. The van der Waals surface area contributed by atoms with Crippen molar-refractivity contribution in [1.29, 1.82) is 0 Å². The zero-order valence-electron chi connectivity index (χ0n) is 17.8. The second kappa shape index (κ2) is 9.02. The van der Waals surface area contributed by atoms with Crippen LogP contribution in [0.4, 0.5) is 5.88 Å². The lowest BCUT2D eigenvalue weighted by atomic mass is 10.0. The lowest BCUT2D eigenvalue weighted by Gasteiger charge is -2.29. The van der Waals surface area contributed by atoms with E-state index >= 15 is 0 Å². The molecule has 0 unspecified atom stereocenters. The Bertz CT molecular complexity index is 805. The van der Waals surface area contributed by atoms with Crippen LogP contribution in [0, 0.1) is 11.8 Å². The van der Waals surface area contributed by atoms with Crippen molar-refractivity contribution >= 4 is 11.8 Å². The van der Waals surface area contributed by atoms with E-state index in [0.717, 1.165) is 61.6 Å². The van der Waals surface area contributed by atoms with Gasteiger partial charge in [0.05, 0.1) is 12.1 Å². The molecule has 2 heterocycles. The summed E-state index contributed by atoms with van der Waals surface area (Å²) in [5.41, 5.74) is 3.00. The zero-order chi connectivity index (χ0) is 20.2. The van der Waals surface area contributed by atoms with Gasteiger partial charge in [0.25, 0.3) is 0 Å². The smallest absolute Gasteiger partial charge is 0.232 e. The van der Waals surface area contributed by atoms with Crippen molar-refractivity contribution in [2.45, 2.75) is 58.9 Å². The predicted molar refractivity (Wildman–Crippen MR) is 116 cm³/mol. The Hall–Kier alpha value is -2.30. The van der Waals surface area contributed by atoms with Crippen molar-refractivity contribution in [1.82, 2.24) is 10.1 Å². The van der Waals surface area contributed by atoms with Gasteiger partial charge in [0.1, 0.15) is 5.69 Å². The third kappa shape index (κ3) is 4.82. The monoisotopic (exact) mass is 395 g/mol. The minimum Gasteiger partial charge on any atom is -0.340 e. The number of aromatic nitrogens is 1. The number of rotatable bonds is 8. The third-order valence-electron chi connectivity index (χ3n) is 6.02. The van der Waals surface area contributed by atoms with Crippen LogP contribution in [0.25, 0.3) is 11.3 Å². The third-order valence-corrected chi connectivity index (χ3v) is 6.02. The molecule has 156 valence electrons. The van der Waals surface area contributed by atoms with Gasteiger partial charge < -0.3 is 14.3 Å². The zero-order valence-corrected chi connectivity index (χ0v) is 17.8. The maximum Gasteiger partial charge on any atom is 0.232 e. The molecule has 29 heavy (non-hydrogen) atoms. The molecule has 4 rings (SSSR count). The summed E-state index contributed by atoms with van der Waals surface area (Å²) in [5.74, 6) is 1.96. The van der Waals surface area contributed by atoms with Crippen LogP contribution in [-0.2, 0) is 11.3 Å². The minimum absolute atomic E-state index is 0.223. The first-order chi connectivity index (χ1) is 14.1. The number of amides is 1. The van der Waals surface area contributed by atoms with E-state index < -0.39 is 0 Å². The summed E-state index contributed by atoms with van der Waals surface area (Å²) >= 11 is 0. The highest BCUT2D eigenvalue weighted by Crippen LogP contribution is 2.36. The average Bonchev–Trinajstić information content (AvgIpc) is 3.52. The number of benzene rings is 1. The normalized spacial score (nSPS) is 17.0. The molecule has 1 aromatic carbocycles. The summed E-state index contributed by atoms with van der Waals surface area (Å²) in [6.45, 7) is 7.81. The Labute approximate surface area is 174 Å². The Balaban J connectivity index is 1.66. The van der Waals surface area contributed by atoms with E-state index in [-0.39, 0.29) is 5.92 Å². The van der Waals surface area contributed by atoms with Gasteiger partial charge in [-0.15, -0.1) is 0 Å². The van der Waals surface area contributed by atoms with E-state index in [4.69, 9.17) is 4.52 Å². The number of piperidine rings is 1. The van der Waals surface area contributed by atoms with Crippen molar-refractivity contribution in [3.05, 3.63) is 35.9 Å². The maximum atomic E-state index is 13.0. The van der Waals surface area contributed by atoms with Crippen molar-refractivity contribution in [2.24, 2.45) is 11.8 Å². The number of anilines is 1. The number of carbonyl (C=O) groups is 1. The first-order valence-electron chi connectivity index (χ1n) is 11.2. The van der Waals surface area contributed by atoms with E-state index in [1.54, 1.807) is 0 Å². The Morgan fingerprint density at radius 3 is 2.55 bits per heavy atom. The molecule has 2 fully saturated rings. The van der Waals surface area contributed by atoms with Gasteiger partial charge in [-0.1, -0.05) is 49.3 Å². The van der Waals surface area contributed by atoms with E-state index in [9.17, 15) is 4.79 Å². The molecule has 1 saturated carbocycles. The fourth-order valence-corrected chi connectivity index (χ4v) is 4.07. The SMILES string of the molecule is CC(C)CCN(Cc1c(-c2ccccc2)noc1N1CCCCC1)C(=O)C1CC1. The highest BCUT2D eigenvalue weighted by Gasteiger charge is 2.35. The Kier molecular flexibility index (Phi) is 6.22. The molecule has 0 N–H and O–H groups in total. The van der Waals surface area contributed by atoms with Crippen LogP contribution in [0.1, 0.15) is 57.9 Å². The fourth-order valence-electron chi connectivity index (χ4n) is 4.07. The molecule has 0 atom stereocenters. The molecule has 1 aliphatic carbocycles. The van der Waals surface area contributed by atoms with Gasteiger partial charge in [0.2, 0.25) is 11.8 Å². The summed E-state index contributed by atoms with van der Waals surface area (Å²) in [5, 5.41) is 4.48. The van der Waals surface area contributed by atoms with Gasteiger partial charge in [0.15, 0.2) is 0 Å². The molecule has 1 aromatic heterocycles. The van der Waals surface area contributed by atoms with Gasteiger partial charge >= 0.3 is 0 Å². The number of carbonyl (C=O) groups excluding carboxylic acids is 1. The molecule has 5 nitrogen and oxygen atoms in total. The van der Waals surface area contributed by atoms with Gasteiger partial charge in [-0.05, 0) is 44.4 Å². The van der Waals surface area contributed by atoms with Crippen LogP contribution in [0.5, 0.6) is 0 Å². The number of hydrogen-bond donors (Lipinski definition) is 0. The fraction of sp³-hybridized carbons (Fsp3) is 0.583. The first-order valence-corrected chi connectivity index (χ1v) is 11.2. The van der Waals surface area contributed by atoms with Crippen molar-refractivity contribution in [2.75, 3.05) is 24.5 Å². The Morgan fingerprint density at radius 1 is 1.17 bits per heavy atom. The lowest BCUT2D eigenvalue weighted by molar-refractivity contribution is -0.133. The topological polar surface area (TPSA) is 49.6 Å². The van der Waals surface area contributed by atoms with Gasteiger partial charge in [-0.25, -0.2) is 0 Å². The van der Waals surface area contributed by atoms with E-state index in [2.05, 4.69) is 40.9 Å². The van der Waals surface area contributed by atoms with Crippen LogP contribution < -0.4 is 4.90 Å². The van der Waals surface area contributed by atoms with Crippen LogP contribution in [-0.4, -0.2) is 35.6 Å². The van der Waals surface area contributed by atoms with Crippen molar-refractivity contribution in [3.63, 3.8) is 0 Å². The Morgan fingerprint density at radius 2 is 1.90 bits per heavy atom. The van der Waals surface area contributed by atoms with E-state index in [1.165, 1.54) is 19.3 Å². The van der Waals surface area contributed by atoms with Crippen LogP contribution >= 0.6 is 0 Å². The van der Waals surface area contributed by atoms with Gasteiger partial charge in [-0.3, -0.25) is 4.79 Å². The molecular formula is C24H33N3O2. The molecule has 0 bridgehead atoms. The average molecular weight is 396 g/mol. The first kappa shape index (κ1) is 20.0. The van der Waals surface area contributed by atoms with E-state index in [0.29, 0.717) is 18.4 Å². The summed E-state index contributed by atoms with van der Waals surface area (Å²) in [7, 11) is 0. The highest BCUT2D eigenvalue weighted by molar-refractivity contribution is 5.81.